The summed E-state index contributed by atoms with van der Waals surface area (Å²) < 4.78 is 30.8. The van der Waals surface area contributed by atoms with Gasteiger partial charge in [0.2, 0.25) is 0 Å². The third-order valence-electron chi connectivity index (χ3n) is 0. The predicted molar refractivity (Wildman–Crippen MR) is 13.1 cm³/mol. The van der Waals surface area contributed by atoms with E-state index >= 15 is 0 Å². The van der Waals surface area contributed by atoms with Gasteiger partial charge in [-0.05, 0) is 0 Å². The summed E-state index contributed by atoms with van der Waals surface area (Å²) in [6.45, 7) is 0. The van der Waals surface area contributed by atoms with Crippen molar-refractivity contribution >= 4 is 23.9 Å². The minimum atomic E-state index is -5.25. The van der Waals surface area contributed by atoms with Gasteiger partial charge in [-0.1, -0.05) is 0 Å². The van der Waals surface area contributed by atoms with Crippen LogP contribution in [0.3, 0.4) is 0 Å². The molecule has 0 fully saturated rings. The Morgan fingerprint density at radius 2 is 1.17 bits per heavy atom. The maximum absolute atomic E-state index is 8.96. The Balaban J connectivity index is 0. The molecule has 0 aromatic carbocycles. The van der Waals surface area contributed by atoms with E-state index in [2.05, 4.69) is 0 Å². The summed E-state index contributed by atoms with van der Waals surface area (Å²) in [6, 6.07) is 0. The summed E-state index contributed by atoms with van der Waals surface area (Å²) >= 11 is -5.25. The van der Waals surface area contributed by atoms with Crippen LogP contribution in [0.25, 0.3) is 0 Å². The summed E-state index contributed by atoms with van der Waals surface area (Å²) in [4.78, 5) is 0. The van der Waals surface area contributed by atoms with Gasteiger partial charge in [0.15, 0.2) is 0 Å². The van der Waals surface area contributed by atoms with E-state index in [0.717, 1.165) is 0 Å². The van der Waals surface area contributed by atoms with Crippen LogP contribution in [-0.2, 0) is 19.8 Å². The molecular weight excluding hydrogens is 375 g/mol. The van der Waals surface area contributed by atoms with Crippen molar-refractivity contribution < 1.29 is 31.4 Å². The van der Waals surface area contributed by atoms with Crippen LogP contribution < -0.4 is 0 Å². The van der Waals surface area contributed by atoms with Crippen molar-refractivity contribution in [1.29, 1.82) is 0 Å². The molecular formula is H3IrO4Sn. The molecule has 0 aliphatic rings. The van der Waals surface area contributed by atoms with Gasteiger partial charge < -0.3 is 0 Å². The molecule has 0 spiro atoms. The van der Waals surface area contributed by atoms with Gasteiger partial charge in [-0.15, -0.1) is 0 Å². The van der Waals surface area contributed by atoms with Crippen molar-refractivity contribution in [1.82, 2.24) is 0 Å². The van der Waals surface area contributed by atoms with E-state index in [1.165, 1.54) is 0 Å². The molecule has 0 unspecified atom stereocenters. The zero-order valence-electron chi connectivity index (χ0n) is 2.58. The second-order valence-electron chi connectivity index (χ2n) is 0.383. The molecule has 0 saturated heterocycles. The van der Waals surface area contributed by atoms with E-state index in [-0.39, 0.29) is 23.9 Å². The first-order valence-electron chi connectivity index (χ1n) is 0.583. The van der Waals surface area contributed by atoms with E-state index in [4.69, 9.17) is 15.1 Å². The molecule has 0 aliphatic carbocycles. The van der Waals surface area contributed by atoms with E-state index in [9.17, 15) is 0 Å². The summed E-state index contributed by atoms with van der Waals surface area (Å²) in [5.41, 5.74) is 0. The number of rotatable bonds is 0. The van der Waals surface area contributed by atoms with Crippen molar-refractivity contribution in [2.24, 2.45) is 0 Å². The smallest absolute Gasteiger partial charge is 0 e. The van der Waals surface area contributed by atoms with Crippen molar-refractivity contribution in [2.75, 3.05) is 0 Å². The van der Waals surface area contributed by atoms with Crippen molar-refractivity contribution in [3.8, 4) is 0 Å². The Kier molecular flexibility index (Phi) is 5.38. The number of hydrogen-bond acceptors (Lipinski definition) is 1. The second kappa shape index (κ2) is 3.17. The van der Waals surface area contributed by atoms with Crippen LogP contribution in [0, 0.1) is 0 Å². The summed E-state index contributed by atoms with van der Waals surface area (Å²) in [7, 11) is 0. The van der Waals surface area contributed by atoms with E-state index in [1.807, 2.05) is 0 Å². The van der Waals surface area contributed by atoms with Gasteiger partial charge in [-0.3, -0.25) is 0 Å². The van der Waals surface area contributed by atoms with Crippen molar-refractivity contribution in [3.63, 3.8) is 0 Å². The SMILES string of the molecule is [O]=[Ir]([OH])([OH])[OH].[Sn]. The fourth-order valence-electron chi connectivity index (χ4n) is 0. The Bertz CT molecular complexity index is 53.7. The molecule has 0 heterocycles. The van der Waals surface area contributed by atoms with Gasteiger partial charge in [0.1, 0.15) is 0 Å². The molecule has 0 amide bonds. The molecule has 0 bridgehead atoms. The zero-order valence-corrected chi connectivity index (χ0v) is 7.83. The van der Waals surface area contributed by atoms with Crippen LogP contribution in [0.15, 0.2) is 0 Å². The molecule has 0 rings (SSSR count). The molecule has 0 aromatic rings. The molecule has 6 heavy (non-hydrogen) atoms. The molecule has 0 atom stereocenters. The summed E-state index contributed by atoms with van der Waals surface area (Å²) in [5, 5.41) is 0. The van der Waals surface area contributed by atoms with Gasteiger partial charge in [-0.25, -0.2) is 0 Å². The van der Waals surface area contributed by atoms with Crippen LogP contribution >= 0.6 is 0 Å². The maximum Gasteiger partial charge on any atom is 0 e. The molecule has 0 saturated carbocycles. The minimum Gasteiger partial charge on any atom is 0 e. The van der Waals surface area contributed by atoms with Crippen LogP contribution in [0.5, 0.6) is 0 Å². The molecule has 40 valence electrons. The first-order valence-corrected chi connectivity index (χ1v) is 4.77. The summed E-state index contributed by atoms with van der Waals surface area (Å²) in [5.74, 6) is 0. The molecule has 4 radical (unpaired) electrons. The van der Waals surface area contributed by atoms with Crippen LogP contribution in [-0.4, -0.2) is 35.5 Å². The van der Waals surface area contributed by atoms with Crippen LogP contribution in [0.1, 0.15) is 0 Å². The fraction of sp³-hybridized carbons (Fsp3) is 0. The quantitative estimate of drug-likeness (QED) is 0.420. The van der Waals surface area contributed by atoms with Gasteiger partial charge in [-0.2, -0.15) is 0 Å². The number of hydrogen-bond donors (Lipinski definition) is 3. The van der Waals surface area contributed by atoms with Crippen LogP contribution in [0.4, 0.5) is 0 Å². The molecule has 3 N–H and O–H groups in total. The second-order valence-corrected chi connectivity index (χ2v) is 3.13. The largest absolute Gasteiger partial charge is 0 e. The Morgan fingerprint density at radius 3 is 1.17 bits per heavy atom. The predicted octanol–water partition coefficient (Wildman–Crippen LogP) is -2.17. The third kappa shape index (κ3) is 68.7. The Hall–Kier alpha value is 1.13. The monoisotopic (exact) mass is 380 g/mol. The average molecular weight is 378 g/mol. The van der Waals surface area contributed by atoms with Gasteiger partial charge in [0, 0.05) is 23.9 Å². The normalized spacial score (nSPS) is 12.5. The standard InChI is InChI=1S/Ir.3H2O.O.Sn/h;3*1H2;;/q+3;;;;;/p-3. The first kappa shape index (κ1) is 10.2. The Morgan fingerprint density at radius 1 is 1.17 bits per heavy atom. The third-order valence-corrected chi connectivity index (χ3v) is 0. The Labute approximate surface area is 55.3 Å². The van der Waals surface area contributed by atoms with Crippen molar-refractivity contribution in [3.05, 3.63) is 0 Å². The maximum atomic E-state index is 8.96. The zero-order chi connectivity index (χ0) is 4.50. The fourth-order valence-corrected chi connectivity index (χ4v) is 0. The van der Waals surface area contributed by atoms with E-state index < -0.39 is 16.3 Å². The van der Waals surface area contributed by atoms with Crippen LogP contribution in [0.2, 0.25) is 0 Å². The van der Waals surface area contributed by atoms with Gasteiger partial charge in [0.25, 0.3) is 0 Å². The minimum absolute atomic E-state index is 0. The van der Waals surface area contributed by atoms with Gasteiger partial charge in [0.05, 0.1) is 0 Å². The van der Waals surface area contributed by atoms with Crippen molar-refractivity contribution in [2.45, 2.75) is 0 Å². The van der Waals surface area contributed by atoms with Gasteiger partial charge >= 0.3 is 31.4 Å². The summed E-state index contributed by atoms with van der Waals surface area (Å²) in [6.07, 6.45) is 0. The molecule has 0 aliphatic heterocycles. The van der Waals surface area contributed by atoms with E-state index in [1.54, 1.807) is 0 Å². The topological polar surface area (TPSA) is 77.8 Å². The average Bonchev–Trinajstić information content (AvgIpc) is 0.722. The first-order chi connectivity index (χ1) is 2.00. The molecule has 0 aromatic heterocycles. The van der Waals surface area contributed by atoms with E-state index in [0.29, 0.717) is 0 Å². The molecule has 6 heteroatoms. The molecule has 4 nitrogen and oxygen atoms in total.